The Morgan fingerprint density at radius 1 is 1.20 bits per heavy atom. The quantitative estimate of drug-likeness (QED) is 0.294. The maximum absolute atomic E-state index is 14.7. The Morgan fingerprint density at radius 3 is 2.40 bits per heavy atom. The van der Waals surface area contributed by atoms with Crippen LogP contribution in [-0.2, 0) is 23.9 Å². The third-order valence-electron chi connectivity index (χ3n) is 8.75. The van der Waals surface area contributed by atoms with Gasteiger partial charge in [-0.05, 0) is 70.2 Å². The number of aliphatic hydroxyl groups is 1. The first kappa shape index (κ1) is 30.1. The van der Waals surface area contributed by atoms with Crippen molar-refractivity contribution < 1.29 is 29.0 Å². The molecular weight excluding hydrogens is 510 g/mol. The summed E-state index contributed by atoms with van der Waals surface area (Å²) < 4.78 is 11.9. The number of benzene rings is 1. The summed E-state index contributed by atoms with van der Waals surface area (Å²) in [4.78, 5) is 47.4. The molecule has 3 fully saturated rings. The van der Waals surface area contributed by atoms with Crippen LogP contribution in [0.15, 0.2) is 36.9 Å². The van der Waals surface area contributed by atoms with Gasteiger partial charge >= 0.3 is 5.97 Å². The minimum atomic E-state index is -1.15. The highest BCUT2D eigenvalue weighted by Crippen LogP contribution is 2.59. The van der Waals surface area contributed by atoms with E-state index >= 15 is 0 Å². The van der Waals surface area contributed by atoms with Crippen molar-refractivity contribution in [2.75, 3.05) is 42.6 Å². The lowest BCUT2D eigenvalue weighted by molar-refractivity contribution is -0.155. The molecule has 1 N–H and O–H groups in total. The summed E-state index contributed by atoms with van der Waals surface area (Å²) in [5.74, 6) is -2.47. The highest BCUT2D eigenvalue weighted by molar-refractivity contribution is 6.05. The standard InChI is InChI=1S/C31H45N3O6/c1-7-17-33(22-13-11-21(12-14-22)32(8-2)9-3)29(37)27-31-16-15-24(40-31)25(30(38)39-10-4)26(31)28(36)34(27)23(19-35)18-20(5)6/h7,11-14,20,23-27,35H,1,8-10,15-19H2,2-6H3/t23-,24-,25+,26+,27-,31+/m1/s1. The van der Waals surface area contributed by atoms with Gasteiger partial charge in [-0.3, -0.25) is 14.4 Å². The summed E-state index contributed by atoms with van der Waals surface area (Å²) >= 11 is 0. The van der Waals surface area contributed by atoms with Gasteiger partial charge < -0.3 is 29.3 Å². The second-order valence-electron chi connectivity index (χ2n) is 11.4. The van der Waals surface area contributed by atoms with Gasteiger partial charge in [0.05, 0.1) is 37.2 Å². The molecule has 4 rings (SSSR count). The van der Waals surface area contributed by atoms with E-state index in [0.29, 0.717) is 24.9 Å². The van der Waals surface area contributed by atoms with Crippen LogP contribution >= 0.6 is 0 Å². The summed E-state index contributed by atoms with van der Waals surface area (Å²) in [5.41, 5.74) is 0.594. The monoisotopic (exact) mass is 555 g/mol. The normalized spacial score (nSPS) is 27.6. The largest absolute Gasteiger partial charge is 0.466 e. The number of anilines is 2. The summed E-state index contributed by atoms with van der Waals surface area (Å²) in [6, 6.07) is 6.26. The van der Waals surface area contributed by atoms with E-state index < -0.39 is 41.6 Å². The Kier molecular flexibility index (Phi) is 9.25. The number of esters is 1. The number of likely N-dealkylation sites (tertiary alicyclic amines) is 1. The van der Waals surface area contributed by atoms with Gasteiger partial charge in [-0.2, -0.15) is 0 Å². The lowest BCUT2D eigenvalue weighted by Gasteiger charge is -2.39. The van der Waals surface area contributed by atoms with Gasteiger partial charge in [0.25, 0.3) is 5.91 Å². The molecule has 9 nitrogen and oxygen atoms in total. The number of ether oxygens (including phenoxy) is 2. The predicted molar refractivity (Wildman–Crippen MR) is 154 cm³/mol. The minimum Gasteiger partial charge on any atom is -0.466 e. The van der Waals surface area contributed by atoms with Gasteiger partial charge in [-0.1, -0.05) is 19.9 Å². The molecule has 1 aromatic carbocycles. The molecule has 0 radical (unpaired) electrons. The first-order chi connectivity index (χ1) is 19.2. The molecule has 0 aromatic heterocycles. The van der Waals surface area contributed by atoms with Crippen molar-refractivity contribution in [3.63, 3.8) is 0 Å². The van der Waals surface area contributed by atoms with Crippen LogP contribution in [0, 0.1) is 17.8 Å². The van der Waals surface area contributed by atoms with Crippen LogP contribution in [0.2, 0.25) is 0 Å². The fraction of sp³-hybridized carbons (Fsp3) is 0.645. The molecule has 3 aliphatic heterocycles. The molecule has 2 amide bonds. The van der Waals surface area contributed by atoms with E-state index in [1.165, 1.54) is 0 Å². The van der Waals surface area contributed by atoms with E-state index in [9.17, 15) is 19.5 Å². The van der Waals surface area contributed by atoms with Gasteiger partial charge in [0.15, 0.2) is 0 Å². The third-order valence-corrected chi connectivity index (χ3v) is 8.75. The topological polar surface area (TPSA) is 99.6 Å². The Balaban J connectivity index is 1.78. The van der Waals surface area contributed by atoms with Gasteiger partial charge in [-0.25, -0.2) is 0 Å². The highest BCUT2D eigenvalue weighted by Gasteiger charge is 2.75. The summed E-state index contributed by atoms with van der Waals surface area (Å²) in [6.07, 6.45) is 2.77. The van der Waals surface area contributed by atoms with Crippen molar-refractivity contribution in [2.45, 2.75) is 77.7 Å². The molecule has 6 atom stereocenters. The highest BCUT2D eigenvalue weighted by atomic mass is 16.6. The second kappa shape index (κ2) is 12.3. The molecule has 3 saturated heterocycles. The lowest BCUT2D eigenvalue weighted by Crippen LogP contribution is -2.59. The molecule has 1 spiro atoms. The zero-order chi connectivity index (χ0) is 29.2. The summed E-state index contributed by atoms with van der Waals surface area (Å²) in [6.45, 7) is 15.7. The number of hydrogen-bond donors (Lipinski definition) is 1. The SMILES string of the molecule is C=CCN(C(=O)[C@H]1N([C@@H](CO)CC(C)C)C(=O)[C@@H]2[C@@H](C(=O)OCC)[C@H]3CC[C@]21O3)c1ccc(N(CC)CC)cc1. The predicted octanol–water partition coefficient (Wildman–Crippen LogP) is 3.40. The second-order valence-corrected chi connectivity index (χ2v) is 11.4. The Bertz CT molecular complexity index is 1090. The Morgan fingerprint density at radius 2 is 1.85 bits per heavy atom. The van der Waals surface area contributed by atoms with Crippen molar-refractivity contribution in [2.24, 2.45) is 17.8 Å². The number of hydrogen-bond acceptors (Lipinski definition) is 7. The lowest BCUT2D eigenvalue weighted by atomic mass is 9.70. The molecule has 3 aliphatic rings. The first-order valence-corrected chi connectivity index (χ1v) is 14.7. The summed E-state index contributed by atoms with van der Waals surface area (Å²) in [7, 11) is 0. The van der Waals surface area contributed by atoms with E-state index in [4.69, 9.17) is 9.47 Å². The Labute approximate surface area is 238 Å². The van der Waals surface area contributed by atoms with Crippen LogP contribution < -0.4 is 9.80 Å². The van der Waals surface area contributed by atoms with Crippen LogP contribution in [0.1, 0.15) is 53.9 Å². The maximum atomic E-state index is 14.7. The zero-order valence-corrected chi connectivity index (χ0v) is 24.5. The van der Waals surface area contributed by atoms with E-state index in [0.717, 1.165) is 18.8 Å². The molecule has 9 heteroatoms. The van der Waals surface area contributed by atoms with Gasteiger partial charge in [0.2, 0.25) is 5.91 Å². The average molecular weight is 556 g/mol. The molecule has 40 heavy (non-hydrogen) atoms. The molecule has 0 unspecified atom stereocenters. The molecule has 220 valence electrons. The van der Waals surface area contributed by atoms with Crippen molar-refractivity contribution in [3.8, 4) is 0 Å². The molecule has 2 bridgehead atoms. The van der Waals surface area contributed by atoms with Gasteiger partial charge in [-0.15, -0.1) is 6.58 Å². The zero-order valence-electron chi connectivity index (χ0n) is 24.5. The first-order valence-electron chi connectivity index (χ1n) is 14.7. The number of amides is 2. The summed E-state index contributed by atoms with van der Waals surface area (Å²) in [5, 5.41) is 10.5. The number of carbonyl (C=O) groups excluding carboxylic acids is 3. The molecule has 0 saturated carbocycles. The van der Waals surface area contributed by atoms with Crippen molar-refractivity contribution in [1.29, 1.82) is 0 Å². The minimum absolute atomic E-state index is 0.175. The number of rotatable bonds is 13. The van der Waals surface area contributed by atoms with E-state index in [1.54, 1.807) is 22.8 Å². The maximum Gasteiger partial charge on any atom is 0.312 e. The van der Waals surface area contributed by atoms with E-state index in [-0.39, 0.29) is 37.5 Å². The van der Waals surface area contributed by atoms with Crippen molar-refractivity contribution >= 4 is 29.2 Å². The van der Waals surface area contributed by atoms with Crippen LogP contribution in [0.3, 0.4) is 0 Å². The molecule has 1 aromatic rings. The fourth-order valence-corrected chi connectivity index (χ4v) is 7.12. The molecule has 3 heterocycles. The van der Waals surface area contributed by atoms with Crippen molar-refractivity contribution in [3.05, 3.63) is 36.9 Å². The van der Waals surface area contributed by atoms with Crippen LogP contribution in [0.5, 0.6) is 0 Å². The Hall–Kier alpha value is -2.91. The van der Waals surface area contributed by atoms with Gasteiger partial charge in [0.1, 0.15) is 11.6 Å². The van der Waals surface area contributed by atoms with Crippen molar-refractivity contribution in [1.82, 2.24) is 4.90 Å². The van der Waals surface area contributed by atoms with E-state index in [1.807, 2.05) is 38.1 Å². The smallest absolute Gasteiger partial charge is 0.312 e. The molecule has 0 aliphatic carbocycles. The van der Waals surface area contributed by atoms with Crippen LogP contribution in [-0.4, -0.2) is 84.4 Å². The number of aliphatic hydroxyl groups excluding tert-OH is 1. The number of nitrogens with zero attached hydrogens (tertiary/aromatic N) is 3. The van der Waals surface area contributed by atoms with E-state index in [2.05, 4.69) is 25.3 Å². The van der Waals surface area contributed by atoms with Crippen LogP contribution in [0.4, 0.5) is 11.4 Å². The average Bonchev–Trinajstić information content (AvgIpc) is 3.58. The fourth-order valence-electron chi connectivity index (χ4n) is 7.12. The van der Waals surface area contributed by atoms with Gasteiger partial charge in [0, 0.05) is 31.0 Å². The van der Waals surface area contributed by atoms with Crippen LogP contribution in [0.25, 0.3) is 0 Å². The molecular formula is C31H45N3O6. The number of fused-ring (bicyclic) bond motifs is 1. The third kappa shape index (κ3) is 5.02. The number of carbonyl (C=O) groups is 3.